The van der Waals surface area contributed by atoms with Gasteiger partial charge in [0.1, 0.15) is 5.82 Å². The predicted molar refractivity (Wildman–Crippen MR) is 94.3 cm³/mol. The lowest BCUT2D eigenvalue weighted by Crippen LogP contribution is -2.51. The summed E-state index contributed by atoms with van der Waals surface area (Å²) in [7, 11) is 1.75. The molecule has 24 heavy (non-hydrogen) atoms. The Bertz CT molecular complexity index is 532. The molecule has 0 spiro atoms. The van der Waals surface area contributed by atoms with Crippen molar-refractivity contribution in [2.45, 2.75) is 44.8 Å². The fourth-order valence-electron chi connectivity index (χ4n) is 3.46. The molecule has 1 N–H and O–H groups in total. The standard InChI is InChI=1S/C18H28N4O2/c1-14-3-4-17(19-13-14)21-9-5-15(6-10-21)20-18(23)22-11-7-16(24-2)8-12-22/h3-4,13,15-16H,5-12H2,1-2H3,(H,20,23). The van der Waals surface area contributed by atoms with Gasteiger partial charge in [0, 0.05) is 45.5 Å². The van der Waals surface area contributed by atoms with Crippen molar-refractivity contribution in [1.29, 1.82) is 0 Å². The number of rotatable bonds is 3. The molecule has 3 heterocycles. The normalized spacial score (nSPS) is 20.2. The number of ether oxygens (including phenoxy) is 1. The highest BCUT2D eigenvalue weighted by atomic mass is 16.5. The maximum absolute atomic E-state index is 12.4. The summed E-state index contributed by atoms with van der Waals surface area (Å²) in [5.41, 5.74) is 1.18. The number of methoxy groups -OCH3 is 1. The topological polar surface area (TPSA) is 57.7 Å². The summed E-state index contributed by atoms with van der Waals surface area (Å²) in [5.74, 6) is 1.03. The molecule has 0 unspecified atom stereocenters. The quantitative estimate of drug-likeness (QED) is 0.922. The van der Waals surface area contributed by atoms with Crippen LogP contribution in [0.3, 0.4) is 0 Å². The van der Waals surface area contributed by atoms with Gasteiger partial charge in [-0.3, -0.25) is 0 Å². The van der Waals surface area contributed by atoms with Crippen molar-refractivity contribution in [2.75, 3.05) is 38.2 Å². The second kappa shape index (κ2) is 7.83. The van der Waals surface area contributed by atoms with E-state index in [9.17, 15) is 4.79 Å². The number of anilines is 1. The Morgan fingerprint density at radius 2 is 1.88 bits per heavy atom. The minimum Gasteiger partial charge on any atom is -0.381 e. The molecular weight excluding hydrogens is 304 g/mol. The molecular formula is C18H28N4O2. The molecule has 0 aliphatic carbocycles. The molecule has 6 nitrogen and oxygen atoms in total. The van der Waals surface area contributed by atoms with E-state index in [-0.39, 0.29) is 12.1 Å². The molecule has 2 fully saturated rings. The third kappa shape index (κ3) is 4.17. The lowest BCUT2D eigenvalue weighted by Gasteiger charge is -2.36. The van der Waals surface area contributed by atoms with Gasteiger partial charge in [0.25, 0.3) is 0 Å². The van der Waals surface area contributed by atoms with Crippen molar-refractivity contribution in [3.63, 3.8) is 0 Å². The van der Waals surface area contributed by atoms with Crippen molar-refractivity contribution in [1.82, 2.24) is 15.2 Å². The van der Waals surface area contributed by atoms with Gasteiger partial charge in [0.2, 0.25) is 0 Å². The molecule has 2 aliphatic heterocycles. The maximum Gasteiger partial charge on any atom is 0.317 e. The molecule has 3 rings (SSSR count). The third-order valence-electron chi connectivity index (χ3n) is 5.10. The first-order chi connectivity index (χ1) is 11.7. The number of aromatic nitrogens is 1. The minimum atomic E-state index is 0.0801. The number of aryl methyl sites for hydroxylation is 1. The van der Waals surface area contributed by atoms with Gasteiger partial charge in [-0.2, -0.15) is 0 Å². The average Bonchev–Trinajstić information content (AvgIpc) is 2.63. The van der Waals surface area contributed by atoms with Gasteiger partial charge in [0.15, 0.2) is 0 Å². The first kappa shape index (κ1) is 17.0. The van der Waals surface area contributed by atoms with Gasteiger partial charge in [-0.25, -0.2) is 9.78 Å². The van der Waals surface area contributed by atoms with Crippen LogP contribution in [0, 0.1) is 6.92 Å². The molecule has 0 aromatic carbocycles. The number of piperidine rings is 2. The third-order valence-corrected chi connectivity index (χ3v) is 5.10. The first-order valence-electron chi connectivity index (χ1n) is 8.91. The SMILES string of the molecule is COC1CCN(C(=O)NC2CCN(c3ccc(C)cn3)CC2)CC1. The summed E-state index contributed by atoms with van der Waals surface area (Å²) in [6.07, 6.45) is 6.01. The van der Waals surface area contributed by atoms with Gasteiger partial charge in [-0.15, -0.1) is 0 Å². The number of carbonyl (C=O) groups is 1. The number of carbonyl (C=O) groups excluding carboxylic acids is 1. The number of likely N-dealkylation sites (tertiary alicyclic amines) is 1. The largest absolute Gasteiger partial charge is 0.381 e. The lowest BCUT2D eigenvalue weighted by molar-refractivity contribution is 0.0498. The molecule has 0 bridgehead atoms. The molecule has 1 aromatic rings. The van der Waals surface area contributed by atoms with Gasteiger partial charge < -0.3 is 19.9 Å². The Morgan fingerprint density at radius 1 is 1.17 bits per heavy atom. The van der Waals surface area contributed by atoms with Gasteiger partial charge in [0.05, 0.1) is 6.10 Å². The fourth-order valence-corrected chi connectivity index (χ4v) is 3.46. The monoisotopic (exact) mass is 332 g/mol. The molecule has 2 saturated heterocycles. The van der Waals surface area contributed by atoms with Crippen LogP contribution < -0.4 is 10.2 Å². The van der Waals surface area contributed by atoms with Crippen LogP contribution in [0.2, 0.25) is 0 Å². The zero-order chi connectivity index (χ0) is 16.9. The van der Waals surface area contributed by atoms with E-state index in [0.717, 1.165) is 57.7 Å². The molecule has 0 atom stereocenters. The van der Waals surface area contributed by atoms with E-state index in [1.54, 1.807) is 7.11 Å². The highest BCUT2D eigenvalue weighted by Gasteiger charge is 2.26. The van der Waals surface area contributed by atoms with Crippen LogP contribution in [0.25, 0.3) is 0 Å². The summed E-state index contributed by atoms with van der Waals surface area (Å²) in [4.78, 5) is 21.1. The summed E-state index contributed by atoms with van der Waals surface area (Å²) >= 11 is 0. The predicted octanol–water partition coefficient (Wildman–Crippen LogP) is 2.18. The number of pyridine rings is 1. The van der Waals surface area contributed by atoms with E-state index in [1.165, 1.54) is 5.56 Å². The summed E-state index contributed by atoms with van der Waals surface area (Å²) in [6.45, 7) is 5.50. The van der Waals surface area contributed by atoms with Crippen LogP contribution in [0.1, 0.15) is 31.2 Å². The van der Waals surface area contributed by atoms with Crippen LogP contribution in [0.15, 0.2) is 18.3 Å². The number of urea groups is 1. The van der Waals surface area contributed by atoms with Crippen molar-refractivity contribution in [3.8, 4) is 0 Å². The second-order valence-corrected chi connectivity index (χ2v) is 6.83. The van der Waals surface area contributed by atoms with Crippen LogP contribution in [-0.4, -0.2) is 61.3 Å². The fraction of sp³-hybridized carbons (Fsp3) is 0.667. The first-order valence-corrected chi connectivity index (χ1v) is 8.91. The van der Waals surface area contributed by atoms with E-state index in [0.29, 0.717) is 6.10 Å². The van der Waals surface area contributed by atoms with Crippen LogP contribution in [0.4, 0.5) is 10.6 Å². The van der Waals surface area contributed by atoms with E-state index in [2.05, 4.69) is 27.3 Å². The van der Waals surface area contributed by atoms with E-state index >= 15 is 0 Å². The van der Waals surface area contributed by atoms with Gasteiger partial charge in [-0.05, 0) is 44.2 Å². The van der Waals surface area contributed by atoms with E-state index < -0.39 is 0 Å². The number of hydrogen-bond donors (Lipinski definition) is 1. The molecule has 132 valence electrons. The van der Waals surface area contributed by atoms with Crippen molar-refractivity contribution in [3.05, 3.63) is 23.9 Å². The molecule has 0 radical (unpaired) electrons. The smallest absolute Gasteiger partial charge is 0.317 e. The highest BCUT2D eigenvalue weighted by Crippen LogP contribution is 2.19. The molecule has 6 heteroatoms. The van der Waals surface area contributed by atoms with Crippen LogP contribution >= 0.6 is 0 Å². The molecule has 0 saturated carbocycles. The Kier molecular flexibility index (Phi) is 5.56. The van der Waals surface area contributed by atoms with Crippen molar-refractivity contribution in [2.24, 2.45) is 0 Å². The van der Waals surface area contributed by atoms with Crippen LogP contribution in [-0.2, 0) is 4.74 Å². The average molecular weight is 332 g/mol. The Labute approximate surface area is 144 Å². The lowest BCUT2D eigenvalue weighted by atomic mass is 10.0. The van der Waals surface area contributed by atoms with Crippen molar-refractivity contribution < 1.29 is 9.53 Å². The number of nitrogens with zero attached hydrogens (tertiary/aromatic N) is 3. The van der Waals surface area contributed by atoms with Crippen molar-refractivity contribution >= 4 is 11.8 Å². The zero-order valence-electron chi connectivity index (χ0n) is 14.7. The summed E-state index contributed by atoms with van der Waals surface area (Å²) in [5, 5.41) is 3.20. The highest BCUT2D eigenvalue weighted by molar-refractivity contribution is 5.74. The van der Waals surface area contributed by atoms with Crippen LogP contribution in [0.5, 0.6) is 0 Å². The molecule has 2 amide bonds. The molecule has 1 aromatic heterocycles. The number of hydrogen-bond acceptors (Lipinski definition) is 4. The summed E-state index contributed by atoms with van der Waals surface area (Å²) < 4.78 is 5.36. The van der Waals surface area contributed by atoms with Gasteiger partial charge >= 0.3 is 6.03 Å². The Hall–Kier alpha value is -1.82. The van der Waals surface area contributed by atoms with E-state index in [1.807, 2.05) is 18.0 Å². The maximum atomic E-state index is 12.4. The molecule has 2 aliphatic rings. The summed E-state index contributed by atoms with van der Waals surface area (Å²) in [6, 6.07) is 4.52. The Balaban J connectivity index is 1.43. The second-order valence-electron chi connectivity index (χ2n) is 6.83. The number of nitrogens with one attached hydrogen (secondary N) is 1. The zero-order valence-corrected chi connectivity index (χ0v) is 14.7. The number of amides is 2. The van der Waals surface area contributed by atoms with Gasteiger partial charge in [-0.1, -0.05) is 6.07 Å². The minimum absolute atomic E-state index is 0.0801. The van der Waals surface area contributed by atoms with E-state index in [4.69, 9.17) is 4.74 Å². The Morgan fingerprint density at radius 3 is 2.46 bits per heavy atom.